The predicted molar refractivity (Wildman–Crippen MR) is 83.9 cm³/mol. The third kappa shape index (κ3) is 2.82. The molecule has 2 aliphatic rings. The van der Waals surface area contributed by atoms with Crippen molar-refractivity contribution < 1.29 is 19.1 Å². The van der Waals surface area contributed by atoms with Crippen molar-refractivity contribution in [2.75, 3.05) is 6.54 Å². The molecule has 1 amide bonds. The minimum absolute atomic E-state index is 0.338. The Kier molecular flexibility index (Phi) is 4.08. The van der Waals surface area contributed by atoms with Crippen LogP contribution in [-0.2, 0) is 15.0 Å². The fourth-order valence-electron chi connectivity index (χ4n) is 3.59. The second-order valence-corrected chi connectivity index (χ2v) is 7.09. The number of aliphatic carboxylic acids is 1. The van der Waals surface area contributed by atoms with Gasteiger partial charge in [-0.2, -0.15) is 0 Å². The molecule has 0 heterocycles. The number of benzene rings is 1. The van der Waals surface area contributed by atoms with E-state index in [0.717, 1.165) is 31.2 Å². The number of carbonyl (C=O) groups is 2. The molecule has 6 heteroatoms. The van der Waals surface area contributed by atoms with Crippen LogP contribution in [0.15, 0.2) is 18.2 Å². The maximum atomic E-state index is 13.3. The summed E-state index contributed by atoms with van der Waals surface area (Å²) in [7, 11) is 0. The Morgan fingerprint density at radius 3 is 2.39 bits per heavy atom. The Morgan fingerprint density at radius 1 is 1.22 bits per heavy atom. The third-order valence-electron chi connectivity index (χ3n) is 5.24. The van der Waals surface area contributed by atoms with Crippen molar-refractivity contribution >= 4 is 23.5 Å². The highest BCUT2D eigenvalue weighted by Crippen LogP contribution is 2.47. The summed E-state index contributed by atoms with van der Waals surface area (Å²) in [5, 5.41) is 12.4. The van der Waals surface area contributed by atoms with Crippen LogP contribution in [0.2, 0.25) is 5.02 Å². The van der Waals surface area contributed by atoms with E-state index in [1.165, 1.54) is 12.1 Å². The number of rotatable bonds is 5. The number of carbonyl (C=O) groups excluding carboxylic acids is 1. The van der Waals surface area contributed by atoms with E-state index in [1.807, 2.05) is 0 Å². The topological polar surface area (TPSA) is 66.4 Å². The lowest BCUT2D eigenvalue weighted by Crippen LogP contribution is -2.44. The van der Waals surface area contributed by atoms with Gasteiger partial charge >= 0.3 is 5.97 Å². The van der Waals surface area contributed by atoms with Gasteiger partial charge in [-0.05, 0) is 43.4 Å². The van der Waals surface area contributed by atoms with E-state index in [1.54, 1.807) is 6.07 Å². The molecule has 1 aromatic carbocycles. The lowest BCUT2D eigenvalue weighted by atomic mass is 9.78. The molecule has 0 saturated heterocycles. The van der Waals surface area contributed by atoms with Gasteiger partial charge in [-0.15, -0.1) is 0 Å². The van der Waals surface area contributed by atoms with Crippen molar-refractivity contribution in [3.63, 3.8) is 0 Å². The quantitative estimate of drug-likeness (QED) is 0.809. The van der Waals surface area contributed by atoms with Crippen molar-refractivity contribution in [3.05, 3.63) is 34.6 Å². The number of halogens is 2. The summed E-state index contributed by atoms with van der Waals surface area (Å²) in [6.07, 6.45) is 4.48. The van der Waals surface area contributed by atoms with Crippen LogP contribution in [0.3, 0.4) is 0 Å². The molecule has 4 nitrogen and oxygen atoms in total. The molecule has 2 fully saturated rings. The summed E-state index contributed by atoms with van der Waals surface area (Å²) in [5.74, 6) is -1.87. The summed E-state index contributed by atoms with van der Waals surface area (Å²) >= 11 is 6.22. The summed E-state index contributed by atoms with van der Waals surface area (Å²) in [6, 6.07) is 4.35. The number of hydrogen-bond acceptors (Lipinski definition) is 2. The maximum Gasteiger partial charge on any atom is 0.319 e. The minimum Gasteiger partial charge on any atom is -0.480 e. The molecule has 2 saturated carbocycles. The Morgan fingerprint density at radius 2 is 1.87 bits per heavy atom. The van der Waals surface area contributed by atoms with Gasteiger partial charge in [-0.1, -0.05) is 30.5 Å². The summed E-state index contributed by atoms with van der Waals surface area (Å²) in [4.78, 5) is 23.5. The highest BCUT2D eigenvalue weighted by Gasteiger charge is 2.57. The van der Waals surface area contributed by atoms with Crippen molar-refractivity contribution in [3.8, 4) is 0 Å². The van der Waals surface area contributed by atoms with Gasteiger partial charge in [-0.25, -0.2) is 4.39 Å². The Hall–Kier alpha value is -1.62. The van der Waals surface area contributed by atoms with Crippen LogP contribution in [0.4, 0.5) is 4.39 Å². The van der Waals surface area contributed by atoms with E-state index in [2.05, 4.69) is 5.32 Å². The van der Waals surface area contributed by atoms with Gasteiger partial charge < -0.3 is 10.4 Å². The van der Waals surface area contributed by atoms with Crippen LogP contribution in [0, 0.1) is 11.2 Å². The average molecular weight is 340 g/mol. The Balaban J connectivity index is 1.79. The monoisotopic (exact) mass is 339 g/mol. The summed E-state index contributed by atoms with van der Waals surface area (Å²) in [6.45, 7) is 0.339. The van der Waals surface area contributed by atoms with Crippen LogP contribution in [0.25, 0.3) is 0 Å². The first-order chi connectivity index (χ1) is 10.9. The summed E-state index contributed by atoms with van der Waals surface area (Å²) < 4.78 is 13.3. The lowest BCUT2D eigenvalue weighted by Gasteiger charge is -2.31. The smallest absolute Gasteiger partial charge is 0.319 e. The molecule has 3 rings (SSSR count). The van der Waals surface area contributed by atoms with Gasteiger partial charge in [0.05, 0.1) is 0 Å². The van der Waals surface area contributed by atoms with Crippen LogP contribution >= 0.6 is 11.6 Å². The molecule has 2 aliphatic carbocycles. The third-order valence-corrected chi connectivity index (χ3v) is 5.56. The van der Waals surface area contributed by atoms with Gasteiger partial charge in [0.1, 0.15) is 11.2 Å². The van der Waals surface area contributed by atoms with Gasteiger partial charge in [0.15, 0.2) is 0 Å². The first-order valence-electron chi connectivity index (χ1n) is 7.87. The lowest BCUT2D eigenvalue weighted by molar-refractivity contribution is -0.149. The van der Waals surface area contributed by atoms with Crippen molar-refractivity contribution in [2.45, 2.75) is 43.9 Å². The number of nitrogens with one attached hydrogen (secondary N) is 1. The number of carboxylic acid groups (broad SMARTS) is 1. The normalized spacial score (nSPS) is 21.0. The maximum absolute atomic E-state index is 13.3. The van der Waals surface area contributed by atoms with Gasteiger partial charge in [0.25, 0.3) is 0 Å². The van der Waals surface area contributed by atoms with E-state index >= 15 is 0 Å². The zero-order valence-electron chi connectivity index (χ0n) is 12.7. The molecule has 2 N–H and O–H groups in total. The zero-order valence-corrected chi connectivity index (χ0v) is 13.5. The molecule has 0 unspecified atom stereocenters. The molecule has 0 aromatic heterocycles. The fourth-order valence-corrected chi connectivity index (χ4v) is 3.96. The zero-order chi connectivity index (χ0) is 16.7. The standard InChI is InChI=1S/C17H19ClFNO3/c18-13-9-11(19)3-4-12(13)16(5-1-2-6-16)10-20-14(21)17(7-8-17)15(22)23/h3-4,9H,1-2,5-8,10H2,(H,20,21)(H,22,23). The van der Waals surface area contributed by atoms with Gasteiger partial charge in [0, 0.05) is 17.0 Å². The Bertz CT molecular complexity index is 651. The highest BCUT2D eigenvalue weighted by atomic mass is 35.5. The van der Waals surface area contributed by atoms with Crippen LogP contribution in [0.1, 0.15) is 44.1 Å². The first kappa shape index (κ1) is 16.2. The van der Waals surface area contributed by atoms with E-state index in [-0.39, 0.29) is 5.41 Å². The van der Waals surface area contributed by atoms with E-state index < -0.39 is 23.1 Å². The van der Waals surface area contributed by atoms with E-state index in [4.69, 9.17) is 11.6 Å². The van der Waals surface area contributed by atoms with Crippen LogP contribution in [0.5, 0.6) is 0 Å². The van der Waals surface area contributed by atoms with Crippen molar-refractivity contribution in [2.24, 2.45) is 5.41 Å². The van der Waals surface area contributed by atoms with E-state index in [9.17, 15) is 19.1 Å². The predicted octanol–water partition coefficient (Wildman–Crippen LogP) is 3.27. The van der Waals surface area contributed by atoms with Crippen LogP contribution < -0.4 is 5.32 Å². The highest BCUT2D eigenvalue weighted by molar-refractivity contribution is 6.31. The fraction of sp³-hybridized carbons (Fsp3) is 0.529. The van der Waals surface area contributed by atoms with E-state index in [0.29, 0.717) is 24.4 Å². The van der Waals surface area contributed by atoms with Gasteiger partial charge in [-0.3, -0.25) is 9.59 Å². The van der Waals surface area contributed by atoms with Gasteiger partial charge in [0.2, 0.25) is 5.91 Å². The molecule has 0 spiro atoms. The molecule has 0 radical (unpaired) electrons. The summed E-state index contributed by atoms with van der Waals surface area (Å²) in [5.41, 5.74) is -0.750. The molecule has 0 aliphatic heterocycles. The molecular formula is C17H19ClFNO3. The largest absolute Gasteiger partial charge is 0.480 e. The molecule has 0 atom stereocenters. The average Bonchev–Trinajstić information content (AvgIpc) is 3.19. The number of hydrogen-bond donors (Lipinski definition) is 2. The van der Waals surface area contributed by atoms with Crippen molar-refractivity contribution in [1.82, 2.24) is 5.32 Å². The second-order valence-electron chi connectivity index (χ2n) is 6.68. The van der Waals surface area contributed by atoms with Crippen molar-refractivity contribution in [1.29, 1.82) is 0 Å². The minimum atomic E-state index is -1.24. The molecule has 0 bridgehead atoms. The molecule has 23 heavy (non-hydrogen) atoms. The SMILES string of the molecule is O=C(O)C1(C(=O)NCC2(c3ccc(F)cc3Cl)CCCC2)CC1. The first-order valence-corrected chi connectivity index (χ1v) is 8.25. The Labute approximate surface area is 139 Å². The van der Waals surface area contributed by atoms with Crippen LogP contribution in [-0.4, -0.2) is 23.5 Å². The molecular weight excluding hydrogens is 321 g/mol. The molecule has 1 aromatic rings. The second kappa shape index (κ2) is 5.78. The molecule has 124 valence electrons. The number of amides is 1. The number of carboxylic acids is 1.